The number of anilines is 2. The van der Waals surface area contributed by atoms with Crippen LogP contribution in [0.4, 0.5) is 15.9 Å². The van der Waals surface area contributed by atoms with Crippen LogP contribution in [0, 0.1) is 5.82 Å². The minimum Gasteiger partial charge on any atom is -0.367 e. The molecule has 0 bridgehead atoms. The third-order valence-corrected chi connectivity index (χ3v) is 4.13. The van der Waals surface area contributed by atoms with Crippen molar-refractivity contribution in [3.63, 3.8) is 0 Å². The Morgan fingerprint density at radius 3 is 3.00 bits per heavy atom. The van der Waals surface area contributed by atoms with Crippen LogP contribution in [-0.2, 0) is 0 Å². The average Bonchev–Trinajstić information content (AvgIpc) is 3.03. The van der Waals surface area contributed by atoms with Crippen LogP contribution in [0.5, 0.6) is 0 Å². The highest BCUT2D eigenvalue weighted by atomic mass is 19.1. The number of benzene rings is 1. The molecule has 1 N–H and O–H groups in total. The maximum atomic E-state index is 14.0. The molecular weight excluding hydrogens is 295 g/mol. The molecule has 0 amide bonds. The van der Waals surface area contributed by atoms with Gasteiger partial charge in [-0.25, -0.2) is 4.39 Å². The van der Waals surface area contributed by atoms with Crippen molar-refractivity contribution in [1.29, 1.82) is 0 Å². The summed E-state index contributed by atoms with van der Waals surface area (Å²) in [6, 6.07) is 10.9. The van der Waals surface area contributed by atoms with Crippen molar-refractivity contribution < 1.29 is 4.39 Å². The normalized spacial score (nSPS) is 18.3. The summed E-state index contributed by atoms with van der Waals surface area (Å²) in [5.74, 6) is 0.606. The summed E-state index contributed by atoms with van der Waals surface area (Å²) >= 11 is 0. The van der Waals surface area contributed by atoms with Gasteiger partial charge in [0.1, 0.15) is 18.0 Å². The molecule has 1 atom stereocenters. The number of halogens is 1. The molecule has 1 unspecified atom stereocenters. The number of piperidine rings is 1. The number of fused-ring (bicyclic) bond motifs is 1. The lowest BCUT2D eigenvalue weighted by atomic mass is 10.0. The van der Waals surface area contributed by atoms with Crippen LogP contribution in [-0.4, -0.2) is 38.9 Å². The highest BCUT2D eigenvalue weighted by molar-refractivity contribution is 5.49. The van der Waals surface area contributed by atoms with Gasteiger partial charge >= 0.3 is 0 Å². The molecule has 0 spiro atoms. The Bertz CT molecular complexity index is 817. The Kier molecular flexibility index (Phi) is 3.53. The van der Waals surface area contributed by atoms with E-state index in [1.165, 1.54) is 6.07 Å². The van der Waals surface area contributed by atoms with Crippen LogP contribution in [0.15, 0.2) is 42.7 Å². The van der Waals surface area contributed by atoms with E-state index in [-0.39, 0.29) is 11.9 Å². The number of aromatic nitrogens is 4. The fraction of sp³-hybridized carbons (Fsp3) is 0.312. The van der Waals surface area contributed by atoms with Gasteiger partial charge in [0.05, 0.1) is 5.69 Å². The first-order valence-electron chi connectivity index (χ1n) is 7.73. The number of para-hydroxylation sites is 1. The Hall–Kier alpha value is -2.70. The lowest BCUT2D eigenvalue weighted by Crippen LogP contribution is -2.42. The van der Waals surface area contributed by atoms with Gasteiger partial charge in [-0.15, -0.1) is 15.3 Å². The van der Waals surface area contributed by atoms with Crippen molar-refractivity contribution in [2.45, 2.75) is 18.9 Å². The first-order valence-corrected chi connectivity index (χ1v) is 7.73. The van der Waals surface area contributed by atoms with Gasteiger partial charge in [0.25, 0.3) is 0 Å². The van der Waals surface area contributed by atoms with Crippen molar-refractivity contribution in [2.24, 2.45) is 0 Å². The molecule has 1 aliphatic heterocycles. The zero-order chi connectivity index (χ0) is 15.6. The van der Waals surface area contributed by atoms with E-state index >= 15 is 0 Å². The highest BCUT2D eigenvalue weighted by Crippen LogP contribution is 2.24. The zero-order valence-corrected chi connectivity index (χ0v) is 12.6. The Labute approximate surface area is 132 Å². The minimum absolute atomic E-state index is 0.169. The van der Waals surface area contributed by atoms with Crippen LogP contribution in [0.3, 0.4) is 0 Å². The molecule has 1 fully saturated rings. The van der Waals surface area contributed by atoms with E-state index in [1.54, 1.807) is 16.9 Å². The van der Waals surface area contributed by atoms with E-state index in [1.807, 2.05) is 24.3 Å². The maximum Gasteiger partial charge on any atom is 0.177 e. The van der Waals surface area contributed by atoms with Crippen LogP contribution < -0.4 is 10.2 Å². The van der Waals surface area contributed by atoms with E-state index < -0.39 is 0 Å². The van der Waals surface area contributed by atoms with Gasteiger partial charge < -0.3 is 10.2 Å². The molecule has 118 valence electrons. The topological polar surface area (TPSA) is 58.3 Å². The second-order valence-electron chi connectivity index (χ2n) is 5.73. The first kappa shape index (κ1) is 13.9. The summed E-state index contributed by atoms with van der Waals surface area (Å²) < 4.78 is 15.6. The fourth-order valence-corrected chi connectivity index (χ4v) is 3.04. The van der Waals surface area contributed by atoms with E-state index in [2.05, 4.69) is 25.5 Å². The molecule has 6 nitrogen and oxygen atoms in total. The number of hydrogen-bond donors (Lipinski definition) is 1. The van der Waals surface area contributed by atoms with Crippen LogP contribution >= 0.6 is 0 Å². The van der Waals surface area contributed by atoms with Crippen molar-refractivity contribution in [3.8, 4) is 0 Å². The molecule has 0 saturated carbocycles. The van der Waals surface area contributed by atoms with Gasteiger partial charge in [-0.3, -0.25) is 0 Å². The molecule has 3 aromatic rings. The molecular formula is C16H17FN6. The van der Waals surface area contributed by atoms with Crippen molar-refractivity contribution in [2.75, 3.05) is 23.3 Å². The Morgan fingerprint density at radius 2 is 2.09 bits per heavy atom. The molecule has 2 aromatic heterocycles. The van der Waals surface area contributed by atoms with Crippen LogP contribution in [0.1, 0.15) is 12.8 Å². The lowest BCUT2D eigenvalue weighted by molar-refractivity contribution is 0.517. The molecule has 23 heavy (non-hydrogen) atoms. The summed E-state index contributed by atoms with van der Waals surface area (Å²) in [5, 5.41) is 15.6. The van der Waals surface area contributed by atoms with Crippen LogP contribution in [0.2, 0.25) is 0 Å². The van der Waals surface area contributed by atoms with Crippen LogP contribution in [0.25, 0.3) is 5.65 Å². The van der Waals surface area contributed by atoms with E-state index in [0.29, 0.717) is 11.3 Å². The summed E-state index contributed by atoms with van der Waals surface area (Å²) in [7, 11) is 0. The molecule has 1 aliphatic rings. The number of nitrogens with zero attached hydrogens (tertiary/aromatic N) is 5. The van der Waals surface area contributed by atoms with Gasteiger partial charge in [-0.2, -0.15) is 4.52 Å². The monoisotopic (exact) mass is 312 g/mol. The fourth-order valence-electron chi connectivity index (χ4n) is 3.04. The SMILES string of the molecule is Fc1ccccc1N1CCCC(Nc2ccc3nncn3n2)C1. The minimum atomic E-state index is -0.169. The van der Waals surface area contributed by atoms with Crippen molar-refractivity contribution >= 4 is 17.2 Å². The van der Waals surface area contributed by atoms with Gasteiger partial charge in [0, 0.05) is 19.1 Å². The van der Waals surface area contributed by atoms with Gasteiger partial charge in [-0.05, 0) is 37.1 Å². The summed E-state index contributed by atoms with van der Waals surface area (Å²) in [4.78, 5) is 2.09. The predicted octanol–water partition coefficient (Wildman–Crippen LogP) is 2.34. The first-order chi connectivity index (χ1) is 11.3. The molecule has 0 aliphatic carbocycles. The quantitative estimate of drug-likeness (QED) is 0.804. The second kappa shape index (κ2) is 5.83. The molecule has 4 rings (SSSR count). The zero-order valence-electron chi connectivity index (χ0n) is 12.6. The number of hydrogen-bond acceptors (Lipinski definition) is 5. The molecule has 0 radical (unpaired) electrons. The highest BCUT2D eigenvalue weighted by Gasteiger charge is 2.22. The third-order valence-electron chi connectivity index (χ3n) is 4.13. The van der Waals surface area contributed by atoms with E-state index in [9.17, 15) is 4.39 Å². The Morgan fingerprint density at radius 1 is 1.17 bits per heavy atom. The number of rotatable bonds is 3. The standard InChI is InChI=1S/C16H17FN6/c17-13-5-1-2-6-14(13)22-9-3-4-12(10-22)19-15-7-8-16-20-18-11-23(16)21-15/h1-2,5-8,11-12H,3-4,9-10H2,(H,19,21). The third kappa shape index (κ3) is 2.81. The molecule has 3 heterocycles. The average molecular weight is 312 g/mol. The predicted molar refractivity (Wildman–Crippen MR) is 86.0 cm³/mol. The molecule has 1 aromatic carbocycles. The van der Waals surface area contributed by atoms with E-state index in [4.69, 9.17) is 0 Å². The summed E-state index contributed by atoms with van der Waals surface area (Å²) in [6.45, 7) is 1.62. The second-order valence-corrected chi connectivity index (χ2v) is 5.73. The molecule has 7 heteroatoms. The van der Waals surface area contributed by atoms with Gasteiger partial charge in [-0.1, -0.05) is 12.1 Å². The van der Waals surface area contributed by atoms with Crippen molar-refractivity contribution in [3.05, 3.63) is 48.5 Å². The largest absolute Gasteiger partial charge is 0.367 e. The Balaban J connectivity index is 1.50. The van der Waals surface area contributed by atoms with Gasteiger partial charge in [0.15, 0.2) is 5.65 Å². The number of nitrogens with one attached hydrogen (secondary N) is 1. The van der Waals surface area contributed by atoms with Gasteiger partial charge in [0.2, 0.25) is 0 Å². The maximum absolute atomic E-state index is 14.0. The summed E-state index contributed by atoms with van der Waals surface area (Å²) in [5.41, 5.74) is 1.38. The smallest absolute Gasteiger partial charge is 0.177 e. The lowest BCUT2D eigenvalue weighted by Gasteiger charge is -2.35. The summed E-state index contributed by atoms with van der Waals surface area (Å²) in [6.07, 6.45) is 3.63. The molecule has 1 saturated heterocycles. The van der Waals surface area contributed by atoms with E-state index in [0.717, 1.165) is 31.7 Å². The van der Waals surface area contributed by atoms with Crippen molar-refractivity contribution in [1.82, 2.24) is 19.8 Å².